The number of fused-ring (bicyclic) bond motifs is 2. The van der Waals surface area contributed by atoms with Crippen molar-refractivity contribution >= 4 is 16.9 Å². The van der Waals surface area contributed by atoms with Gasteiger partial charge in [0.05, 0.1) is 12.3 Å². The standard InChI is InChI=1S/C20H20N2O2/c1-2-24-20(23)22-12-9-18-16(14-22)13-15-7-3-4-8-17(15)19(18)21-10-5-6-11-21/h3-8,10-11,13H,2,9,12,14H2,1H3. The first-order chi connectivity index (χ1) is 11.8. The van der Waals surface area contributed by atoms with E-state index in [0.717, 1.165) is 6.42 Å². The van der Waals surface area contributed by atoms with Crippen molar-refractivity contribution < 1.29 is 9.53 Å². The van der Waals surface area contributed by atoms with E-state index in [1.165, 1.54) is 27.6 Å². The summed E-state index contributed by atoms with van der Waals surface area (Å²) in [6.45, 7) is 3.55. The summed E-state index contributed by atoms with van der Waals surface area (Å²) in [5.41, 5.74) is 3.76. The number of nitrogens with zero attached hydrogens (tertiary/aromatic N) is 2. The Morgan fingerprint density at radius 2 is 1.96 bits per heavy atom. The van der Waals surface area contributed by atoms with Gasteiger partial charge in [0.25, 0.3) is 0 Å². The molecule has 2 aromatic carbocycles. The summed E-state index contributed by atoms with van der Waals surface area (Å²) in [4.78, 5) is 13.9. The summed E-state index contributed by atoms with van der Waals surface area (Å²) in [6, 6.07) is 14.7. The largest absolute Gasteiger partial charge is 0.450 e. The number of hydrogen-bond acceptors (Lipinski definition) is 2. The van der Waals surface area contributed by atoms with Gasteiger partial charge in [0, 0.05) is 30.9 Å². The number of ether oxygens (including phenoxy) is 1. The Morgan fingerprint density at radius 1 is 1.17 bits per heavy atom. The maximum absolute atomic E-state index is 12.1. The number of hydrogen-bond donors (Lipinski definition) is 0. The third-order valence-corrected chi connectivity index (χ3v) is 4.60. The summed E-state index contributed by atoms with van der Waals surface area (Å²) >= 11 is 0. The van der Waals surface area contributed by atoms with Crippen molar-refractivity contribution in [1.29, 1.82) is 0 Å². The SMILES string of the molecule is CCOC(=O)N1CCc2c(cc3ccccc3c2-n2cccc2)C1. The van der Waals surface area contributed by atoms with Crippen LogP contribution in [-0.2, 0) is 17.7 Å². The van der Waals surface area contributed by atoms with E-state index in [4.69, 9.17) is 4.74 Å². The number of benzene rings is 2. The van der Waals surface area contributed by atoms with Crippen LogP contribution in [0.25, 0.3) is 16.5 Å². The van der Waals surface area contributed by atoms with Crippen molar-refractivity contribution in [3.05, 3.63) is 66.0 Å². The van der Waals surface area contributed by atoms with Crippen LogP contribution < -0.4 is 0 Å². The molecule has 0 spiro atoms. The first-order valence-electron chi connectivity index (χ1n) is 8.36. The van der Waals surface area contributed by atoms with Crippen LogP contribution >= 0.6 is 0 Å². The van der Waals surface area contributed by atoms with E-state index in [9.17, 15) is 4.79 Å². The van der Waals surface area contributed by atoms with Crippen LogP contribution in [-0.4, -0.2) is 28.7 Å². The smallest absolute Gasteiger partial charge is 0.410 e. The molecule has 0 unspecified atom stereocenters. The zero-order chi connectivity index (χ0) is 16.5. The number of carbonyl (C=O) groups excluding carboxylic acids is 1. The summed E-state index contributed by atoms with van der Waals surface area (Å²) in [7, 11) is 0. The second-order valence-corrected chi connectivity index (χ2v) is 6.04. The summed E-state index contributed by atoms with van der Waals surface area (Å²) < 4.78 is 7.35. The van der Waals surface area contributed by atoms with Crippen LogP contribution in [0.4, 0.5) is 4.79 Å². The molecule has 122 valence electrons. The zero-order valence-electron chi connectivity index (χ0n) is 13.7. The molecule has 0 bridgehead atoms. The van der Waals surface area contributed by atoms with Crippen LogP contribution in [0.5, 0.6) is 0 Å². The predicted molar refractivity (Wildman–Crippen MR) is 94.4 cm³/mol. The number of aromatic nitrogens is 1. The van der Waals surface area contributed by atoms with Gasteiger partial charge in [-0.1, -0.05) is 24.3 Å². The Bertz CT molecular complexity index is 884. The highest BCUT2D eigenvalue weighted by Crippen LogP contribution is 2.33. The molecule has 0 radical (unpaired) electrons. The van der Waals surface area contributed by atoms with E-state index in [1.807, 2.05) is 19.1 Å². The van der Waals surface area contributed by atoms with Gasteiger partial charge in [0.1, 0.15) is 0 Å². The molecule has 4 heteroatoms. The van der Waals surface area contributed by atoms with Crippen molar-refractivity contribution in [3.63, 3.8) is 0 Å². The molecule has 0 saturated heterocycles. The van der Waals surface area contributed by atoms with Gasteiger partial charge >= 0.3 is 6.09 Å². The molecule has 0 fully saturated rings. The molecule has 0 atom stereocenters. The zero-order valence-corrected chi connectivity index (χ0v) is 13.7. The fraction of sp³-hybridized carbons (Fsp3) is 0.250. The van der Waals surface area contributed by atoms with E-state index >= 15 is 0 Å². The number of carbonyl (C=O) groups is 1. The molecule has 1 aliphatic rings. The molecule has 1 amide bonds. The molecule has 2 heterocycles. The average Bonchev–Trinajstić information content (AvgIpc) is 3.13. The van der Waals surface area contributed by atoms with Gasteiger partial charge in [-0.2, -0.15) is 0 Å². The molecule has 0 aliphatic carbocycles. The Hall–Kier alpha value is -2.75. The monoisotopic (exact) mass is 320 g/mol. The van der Waals surface area contributed by atoms with E-state index < -0.39 is 0 Å². The molecule has 4 rings (SSSR count). The molecule has 0 N–H and O–H groups in total. The maximum atomic E-state index is 12.1. The van der Waals surface area contributed by atoms with Crippen molar-refractivity contribution in [1.82, 2.24) is 9.47 Å². The maximum Gasteiger partial charge on any atom is 0.410 e. The van der Waals surface area contributed by atoms with Gasteiger partial charge in [-0.25, -0.2) is 4.79 Å². The fourth-order valence-corrected chi connectivity index (χ4v) is 3.53. The molecular formula is C20H20N2O2. The van der Waals surface area contributed by atoms with Crippen LogP contribution in [0.2, 0.25) is 0 Å². The van der Waals surface area contributed by atoms with Crippen molar-refractivity contribution in [3.8, 4) is 5.69 Å². The molecule has 4 nitrogen and oxygen atoms in total. The highest BCUT2D eigenvalue weighted by molar-refractivity contribution is 5.93. The van der Waals surface area contributed by atoms with Gasteiger partial charge in [0.2, 0.25) is 0 Å². The van der Waals surface area contributed by atoms with E-state index in [2.05, 4.69) is 47.3 Å². The molecular weight excluding hydrogens is 300 g/mol. The minimum atomic E-state index is -0.223. The van der Waals surface area contributed by atoms with Crippen LogP contribution in [0.3, 0.4) is 0 Å². The van der Waals surface area contributed by atoms with Gasteiger partial charge < -0.3 is 14.2 Å². The highest BCUT2D eigenvalue weighted by atomic mass is 16.6. The fourth-order valence-electron chi connectivity index (χ4n) is 3.53. The lowest BCUT2D eigenvalue weighted by Crippen LogP contribution is -2.36. The molecule has 1 aliphatic heterocycles. The summed E-state index contributed by atoms with van der Waals surface area (Å²) in [5, 5.41) is 2.45. The van der Waals surface area contributed by atoms with Crippen LogP contribution in [0, 0.1) is 0 Å². The van der Waals surface area contributed by atoms with Crippen molar-refractivity contribution in [2.45, 2.75) is 19.9 Å². The van der Waals surface area contributed by atoms with Crippen LogP contribution in [0.15, 0.2) is 54.9 Å². The Balaban J connectivity index is 1.85. The lowest BCUT2D eigenvalue weighted by molar-refractivity contribution is 0.102. The highest BCUT2D eigenvalue weighted by Gasteiger charge is 2.25. The molecule has 24 heavy (non-hydrogen) atoms. The predicted octanol–water partition coefficient (Wildman–Crippen LogP) is 4.15. The number of rotatable bonds is 2. The van der Waals surface area contributed by atoms with E-state index in [0.29, 0.717) is 19.7 Å². The van der Waals surface area contributed by atoms with Gasteiger partial charge in [-0.3, -0.25) is 0 Å². The van der Waals surface area contributed by atoms with E-state index in [-0.39, 0.29) is 6.09 Å². The summed E-state index contributed by atoms with van der Waals surface area (Å²) in [5.74, 6) is 0. The topological polar surface area (TPSA) is 34.5 Å². The summed E-state index contributed by atoms with van der Waals surface area (Å²) in [6.07, 6.45) is 4.78. The van der Waals surface area contributed by atoms with Crippen LogP contribution in [0.1, 0.15) is 18.1 Å². The quantitative estimate of drug-likeness (QED) is 0.711. The second-order valence-electron chi connectivity index (χ2n) is 6.04. The van der Waals surface area contributed by atoms with Crippen molar-refractivity contribution in [2.24, 2.45) is 0 Å². The first kappa shape index (κ1) is 14.8. The lowest BCUT2D eigenvalue weighted by Gasteiger charge is -2.30. The average molecular weight is 320 g/mol. The first-order valence-corrected chi connectivity index (χ1v) is 8.36. The van der Waals surface area contributed by atoms with Gasteiger partial charge in [-0.05, 0) is 48.1 Å². The number of amides is 1. The lowest BCUT2D eigenvalue weighted by atomic mass is 9.93. The minimum absolute atomic E-state index is 0.223. The Labute approximate surface area is 141 Å². The molecule has 3 aromatic rings. The Kier molecular flexibility index (Phi) is 3.73. The molecule has 1 aromatic heterocycles. The van der Waals surface area contributed by atoms with Gasteiger partial charge in [0.15, 0.2) is 0 Å². The third-order valence-electron chi connectivity index (χ3n) is 4.60. The molecule has 0 saturated carbocycles. The van der Waals surface area contributed by atoms with E-state index in [1.54, 1.807) is 4.90 Å². The third kappa shape index (κ3) is 2.44. The minimum Gasteiger partial charge on any atom is -0.450 e. The van der Waals surface area contributed by atoms with Crippen molar-refractivity contribution in [2.75, 3.05) is 13.2 Å². The Morgan fingerprint density at radius 3 is 2.75 bits per heavy atom. The second kappa shape index (κ2) is 6.04. The van der Waals surface area contributed by atoms with Gasteiger partial charge in [-0.15, -0.1) is 0 Å². The normalized spacial score (nSPS) is 13.8.